The van der Waals surface area contributed by atoms with E-state index in [1.54, 1.807) is 6.92 Å². The molecule has 1 aromatic rings. The summed E-state index contributed by atoms with van der Waals surface area (Å²) < 4.78 is 24.9. The fraction of sp³-hybridized carbons (Fsp3) is 0.364. The molecule has 3 nitrogen and oxygen atoms in total. The molecule has 2 atom stereocenters. The van der Waals surface area contributed by atoms with Crippen molar-refractivity contribution in [3.63, 3.8) is 0 Å². The maximum absolute atomic E-state index is 13.4. The van der Waals surface area contributed by atoms with Crippen molar-refractivity contribution in [2.75, 3.05) is 5.75 Å². The van der Waals surface area contributed by atoms with E-state index in [2.05, 4.69) is 0 Å². The van der Waals surface area contributed by atoms with Crippen LogP contribution in [0.5, 0.6) is 0 Å². The molecular formula is C11H13FN2OS. The molecule has 1 rings (SSSR count). The van der Waals surface area contributed by atoms with Crippen molar-refractivity contribution in [2.45, 2.75) is 18.7 Å². The van der Waals surface area contributed by atoms with Crippen molar-refractivity contribution in [3.05, 3.63) is 35.1 Å². The maximum Gasteiger partial charge on any atom is 0.128 e. The summed E-state index contributed by atoms with van der Waals surface area (Å²) >= 11 is 0. The van der Waals surface area contributed by atoms with Gasteiger partial charge in [-0.1, -0.05) is 6.07 Å². The number of nitrogens with two attached hydrogens (primary N) is 1. The Bertz CT molecular complexity index is 440. The Morgan fingerprint density at radius 1 is 1.62 bits per heavy atom. The first kappa shape index (κ1) is 12.8. The van der Waals surface area contributed by atoms with E-state index in [0.29, 0.717) is 11.3 Å². The van der Waals surface area contributed by atoms with Crippen LogP contribution in [0.4, 0.5) is 4.39 Å². The summed E-state index contributed by atoms with van der Waals surface area (Å²) in [5.74, 6) is -0.00417. The van der Waals surface area contributed by atoms with Gasteiger partial charge in [-0.15, -0.1) is 0 Å². The Hall–Kier alpha value is -1.25. The molecular weight excluding hydrogens is 227 g/mol. The number of hydrogen-bond acceptors (Lipinski definition) is 3. The van der Waals surface area contributed by atoms with Crippen molar-refractivity contribution >= 4 is 10.8 Å². The van der Waals surface area contributed by atoms with Crippen molar-refractivity contribution in [3.8, 4) is 6.07 Å². The predicted octanol–water partition coefficient (Wildman–Crippen LogP) is 1.29. The molecule has 16 heavy (non-hydrogen) atoms. The zero-order chi connectivity index (χ0) is 12.1. The summed E-state index contributed by atoms with van der Waals surface area (Å²) in [5, 5.41) is 8.56. The fourth-order valence-electron chi connectivity index (χ4n) is 1.26. The Balaban J connectivity index is 2.75. The van der Waals surface area contributed by atoms with Crippen LogP contribution in [-0.2, 0) is 16.6 Å². The highest BCUT2D eigenvalue weighted by molar-refractivity contribution is 7.84. The monoisotopic (exact) mass is 240 g/mol. The summed E-state index contributed by atoms with van der Waals surface area (Å²) in [5.41, 5.74) is 6.12. The van der Waals surface area contributed by atoms with Gasteiger partial charge in [-0.05, 0) is 19.1 Å². The Morgan fingerprint density at radius 3 is 2.81 bits per heavy atom. The lowest BCUT2D eigenvalue weighted by Gasteiger charge is -2.06. The number of nitrogens with zero attached hydrogens (tertiary/aromatic N) is 1. The predicted molar refractivity (Wildman–Crippen MR) is 61.5 cm³/mol. The van der Waals surface area contributed by atoms with Gasteiger partial charge >= 0.3 is 0 Å². The SMILES string of the molecule is CC(N)CS(=O)Cc1ccc(C#N)cc1F. The topological polar surface area (TPSA) is 66.9 Å². The van der Waals surface area contributed by atoms with Gasteiger partial charge in [-0.2, -0.15) is 5.26 Å². The van der Waals surface area contributed by atoms with Crippen molar-refractivity contribution in [1.29, 1.82) is 5.26 Å². The molecule has 0 fully saturated rings. The average molecular weight is 240 g/mol. The third-order valence-corrected chi connectivity index (χ3v) is 3.48. The molecule has 0 bridgehead atoms. The smallest absolute Gasteiger partial charge is 0.128 e. The highest BCUT2D eigenvalue weighted by atomic mass is 32.2. The quantitative estimate of drug-likeness (QED) is 0.862. The van der Waals surface area contributed by atoms with Gasteiger partial charge < -0.3 is 5.73 Å². The summed E-state index contributed by atoms with van der Waals surface area (Å²) in [7, 11) is -1.17. The summed E-state index contributed by atoms with van der Waals surface area (Å²) in [6, 6.07) is 5.84. The van der Waals surface area contributed by atoms with Crippen LogP contribution >= 0.6 is 0 Å². The van der Waals surface area contributed by atoms with Crippen LogP contribution in [0.15, 0.2) is 18.2 Å². The molecule has 0 saturated heterocycles. The Morgan fingerprint density at radius 2 is 2.31 bits per heavy atom. The third-order valence-electron chi connectivity index (χ3n) is 1.95. The first-order valence-electron chi connectivity index (χ1n) is 4.82. The molecule has 0 radical (unpaired) electrons. The van der Waals surface area contributed by atoms with Gasteiger partial charge in [0.15, 0.2) is 0 Å². The minimum absolute atomic E-state index is 0.138. The largest absolute Gasteiger partial charge is 0.327 e. The van der Waals surface area contributed by atoms with Gasteiger partial charge in [0.05, 0.1) is 17.4 Å². The van der Waals surface area contributed by atoms with E-state index in [1.807, 2.05) is 6.07 Å². The molecule has 0 aromatic heterocycles. The summed E-state index contributed by atoms with van der Waals surface area (Å²) in [4.78, 5) is 0. The molecule has 0 aliphatic carbocycles. The molecule has 2 unspecified atom stereocenters. The minimum Gasteiger partial charge on any atom is -0.327 e. The van der Waals surface area contributed by atoms with Gasteiger partial charge in [0, 0.05) is 28.2 Å². The van der Waals surface area contributed by atoms with E-state index in [-0.39, 0.29) is 17.4 Å². The molecule has 0 amide bonds. The maximum atomic E-state index is 13.4. The molecule has 0 heterocycles. The number of hydrogen-bond donors (Lipinski definition) is 1. The normalized spacial score (nSPS) is 14.1. The Labute approximate surface area is 96.5 Å². The van der Waals surface area contributed by atoms with Gasteiger partial charge in [-0.25, -0.2) is 4.39 Å². The van der Waals surface area contributed by atoms with E-state index >= 15 is 0 Å². The second-order valence-corrected chi connectivity index (χ2v) is 5.15. The lowest BCUT2D eigenvalue weighted by molar-refractivity contribution is 0.614. The van der Waals surface area contributed by atoms with E-state index in [9.17, 15) is 8.60 Å². The molecule has 86 valence electrons. The first-order chi connectivity index (χ1) is 7.52. The van der Waals surface area contributed by atoms with E-state index < -0.39 is 16.6 Å². The van der Waals surface area contributed by atoms with Crippen LogP contribution in [0, 0.1) is 17.1 Å². The average Bonchev–Trinajstić information content (AvgIpc) is 2.19. The molecule has 0 aliphatic rings. The van der Waals surface area contributed by atoms with E-state index in [4.69, 9.17) is 11.0 Å². The van der Waals surface area contributed by atoms with Crippen molar-refractivity contribution < 1.29 is 8.60 Å². The zero-order valence-electron chi connectivity index (χ0n) is 8.94. The highest BCUT2D eigenvalue weighted by Crippen LogP contribution is 2.12. The number of rotatable bonds is 4. The van der Waals surface area contributed by atoms with Gasteiger partial charge in [0.1, 0.15) is 5.82 Å². The van der Waals surface area contributed by atoms with Crippen LogP contribution in [0.25, 0.3) is 0 Å². The molecule has 0 spiro atoms. The second-order valence-electron chi connectivity index (χ2n) is 3.65. The first-order valence-corrected chi connectivity index (χ1v) is 6.31. The van der Waals surface area contributed by atoms with Crippen LogP contribution < -0.4 is 5.73 Å². The van der Waals surface area contributed by atoms with Crippen LogP contribution in [0.3, 0.4) is 0 Å². The number of benzene rings is 1. The minimum atomic E-state index is -1.17. The molecule has 5 heteroatoms. The Kier molecular flexibility index (Phi) is 4.59. The van der Waals surface area contributed by atoms with Gasteiger partial charge in [0.25, 0.3) is 0 Å². The fourth-order valence-corrected chi connectivity index (χ4v) is 2.54. The lowest BCUT2D eigenvalue weighted by Crippen LogP contribution is -2.23. The third kappa shape index (κ3) is 3.72. The molecule has 2 N–H and O–H groups in total. The zero-order valence-corrected chi connectivity index (χ0v) is 9.76. The lowest BCUT2D eigenvalue weighted by atomic mass is 10.1. The summed E-state index contributed by atoms with van der Waals surface area (Å²) in [6.07, 6.45) is 0. The molecule has 0 aliphatic heterocycles. The molecule has 0 saturated carbocycles. The van der Waals surface area contributed by atoms with Crippen LogP contribution in [0.1, 0.15) is 18.1 Å². The molecule has 1 aromatic carbocycles. The van der Waals surface area contributed by atoms with E-state index in [0.717, 1.165) is 6.07 Å². The van der Waals surface area contributed by atoms with Gasteiger partial charge in [-0.3, -0.25) is 4.21 Å². The van der Waals surface area contributed by atoms with Crippen molar-refractivity contribution in [2.24, 2.45) is 5.73 Å². The second kappa shape index (κ2) is 5.73. The van der Waals surface area contributed by atoms with Crippen LogP contribution in [-0.4, -0.2) is 16.0 Å². The van der Waals surface area contributed by atoms with E-state index in [1.165, 1.54) is 12.1 Å². The number of nitriles is 1. The van der Waals surface area contributed by atoms with Crippen LogP contribution in [0.2, 0.25) is 0 Å². The standard InChI is InChI=1S/C11H13FN2OS/c1-8(14)6-16(15)7-10-3-2-9(5-13)4-11(10)12/h2-4,8H,6-7,14H2,1H3. The highest BCUT2D eigenvalue weighted by Gasteiger charge is 2.09. The summed E-state index contributed by atoms with van der Waals surface area (Å²) in [6.45, 7) is 1.76. The van der Waals surface area contributed by atoms with Crippen molar-refractivity contribution in [1.82, 2.24) is 0 Å². The number of halogens is 1. The van der Waals surface area contributed by atoms with Gasteiger partial charge in [0.2, 0.25) is 0 Å².